The highest BCUT2D eigenvalue weighted by Crippen LogP contribution is 2.55. The molecule has 0 radical (unpaired) electrons. The molecule has 0 aliphatic heterocycles. The summed E-state index contributed by atoms with van der Waals surface area (Å²) >= 11 is 0. The van der Waals surface area contributed by atoms with Crippen LogP contribution < -0.4 is 18.9 Å². The number of ether oxygens (including phenoxy) is 9. The van der Waals surface area contributed by atoms with Gasteiger partial charge in [-0.05, 0) is 196 Å². The Morgan fingerprint density at radius 1 is 0.283 bits per heavy atom. The summed E-state index contributed by atoms with van der Waals surface area (Å²) in [7, 11) is 0. The smallest absolute Gasteiger partial charge is 0.221 e. The SMILES string of the molecule is N=C(OC(=N)c1cc(-c2ccc3c(c2)C(CCOCCOc2ccccc2)(CCOCCOc2ccccc2)c2ccccc2-3)cc(-c2ccc3c(c2)C(CCOCCOc2ccccc2)(CCOCCOc2ccccc2)c2ccccc2-3)c1)c1ccc(O)cc1. The number of phenols is 1. The fourth-order valence-corrected chi connectivity index (χ4v) is 12.9. The van der Waals surface area contributed by atoms with Crippen molar-refractivity contribution in [3.63, 3.8) is 0 Å². The number of rotatable bonds is 32. The molecular formula is C80H76N2O10. The van der Waals surface area contributed by atoms with Crippen LogP contribution in [-0.4, -0.2) is 96.2 Å². The van der Waals surface area contributed by atoms with Gasteiger partial charge in [0.15, 0.2) is 0 Å². The zero-order valence-electron chi connectivity index (χ0n) is 51.6. The molecule has 0 saturated heterocycles. The van der Waals surface area contributed by atoms with Crippen LogP contribution in [0.2, 0.25) is 0 Å². The lowest BCUT2D eigenvalue weighted by Gasteiger charge is -2.33. The van der Waals surface area contributed by atoms with Gasteiger partial charge in [0.2, 0.25) is 11.8 Å². The zero-order valence-corrected chi connectivity index (χ0v) is 51.6. The maximum absolute atomic E-state index is 10.1. The molecule has 10 aromatic carbocycles. The van der Waals surface area contributed by atoms with Gasteiger partial charge in [0.25, 0.3) is 0 Å². The molecule has 92 heavy (non-hydrogen) atoms. The first-order chi connectivity index (χ1) is 45.3. The van der Waals surface area contributed by atoms with Crippen LogP contribution in [0.3, 0.4) is 0 Å². The Hall–Kier alpha value is -9.82. The third-order valence-electron chi connectivity index (χ3n) is 17.4. The molecule has 0 amide bonds. The van der Waals surface area contributed by atoms with Gasteiger partial charge in [-0.3, -0.25) is 10.8 Å². The third kappa shape index (κ3) is 14.8. The van der Waals surface area contributed by atoms with Crippen molar-refractivity contribution in [2.24, 2.45) is 0 Å². The lowest BCUT2D eigenvalue weighted by molar-refractivity contribution is 0.0706. The summed E-state index contributed by atoms with van der Waals surface area (Å²) in [5, 5.41) is 28.7. The van der Waals surface area contributed by atoms with Crippen molar-refractivity contribution in [3.05, 3.63) is 282 Å². The molecule has 0 spiro atoms. The first-order valence-corrected chi connectivity index (χ1v) is 31.7. The Balaban J connectivity index is 0.891. The van der Waals surface area contributed by atoms with Crippen molar-refractivity contribution in [2.75, 3.05) is 79.3 Å². The molecule has 10 aromatic rings. The van der Waals surface area contributed by atoms with E-state index in [2.05, 4.69) is 91.0 Å². The maximum Gasteiger partial charge on any atom is 0.221 e. The van der Waals surface area contributed by atoms with Gasteiger partial charge in [-0.2, -0.15) is 0 Å². The van der Waals surface area contributed by atoms with Crippen LogP contribution in [0.25, 0.3) is 44.5 Å². The lowest BCUT2D eigenvalue weighted by Crippen LogP contribution is -2.30. The van der Waals surface area contributed by atoms with Crippen molar-refractivity contribution < 1.29 is 47.7 Å². The quantitative estimate of drug-likeness (QED) is 0.0211. The van der Waals surface area contributed by atoms with Gasteiger partial charge in [0.1, 0.15) is 55.2 Å². The number of fused-ring (bicyclic) bond motifs is 6. The van der Waals surface area contributed by atoms with Crippen LogP contribution >= 0.6 is 0 Å². The van der Waals surface area contributed by atoms with E-state index in [0.717, 1.165) is 56.4 Å². The molecule has 12 nitrogen and oxygen atoms in total. The Kier molecular flexibility index (Phi) is 20.6. The zero-order chi connectivity index (χ0) is 62.8. The number of benzene rings is 10. The third-order valence-corrected chi connectivity index (χ3v) is 17.4. The second-order valence-corrected chi connectivity index (χ2v) is 23.0. The largest absolute Gasteiger partial charge is 0.508 e. The van der Waals surface area contributed by atoms with Gasteiger partial charge >= 0.3 is 0 Å². The number of para-hydroxylation sites is 4. The normalized spacial score (nSPS) is 12.9. The summed E-state index contributed by atoms with van der Waals surface area (Å²) in [6.07, 6.45) is 2.71. The van der Waals surface area contributed by atoms with Gasteiger partial charge in [0.05, 0.1) is 26.4 Å². The van der Waals surface area contributed by atoms with Crippen LogP contribution in [0, 0.1) is 10.8 Å². The highest BCUT2D eigenvalue weighted by atomic mass is 16.5. The van der Waals surface area contributed by atoms with Gasteiger partial charge in [-0.1, -0.05) is 146 Å². The molecule has 0 heterocycles. The van der Waals surface area contributed by atoms with Gasteiger partial charge < -0.3 is 47.7 Å². The van der Waals surface area contributed by atoms with Crippen molar-refractivity contribution in [1.29, 1.82) is 10.8 Å². The standard InChI is InChI=1S/C80H76N2O10/c81-77(58-29-33-64(83)34-30-58)92-78(82)63-54-61(59-31-35-71-69-25-13-15-27-73(69)79(75(71)56-59,37-41-84-45-49-88-65-17-5-1-6-18-65)38-42-85-46-50-89-66-19-7-2-8-20-66)53-62(55-63)60-32-36-72-70-26-14-16-28-74(70)80(76(72)57-60,39-43-86-47-51-90-67-21-9-3-10-22-67)40-44-87-48-52-91-68-23-11-4-12-24-68/h1-36,53-57,81-83H,37-52H2. The van der Waals surface area contributed by atoms with Crippen LogP contribution in [0.1, 0.15) is 59.1 Å². The van der Waals surface area contributed by atoms with E-state index in [0.29, 0.717) is 116 Å². The van der Waals surface area contributed by atoms with Crippen LogP contribution in [0.5, 0.6) is 28.7 Å². The number of aromatic hydroxyl groups is 1. The molecule has 0 saturated carbocycles. The Morgan fingerprint density at radius 2 is 0.609 bits per heavy atom. The molecule has 2 aliphatic rings. The molecule has 0 atom stereocenters. The summed E-state index contributed by atoms with van der Waals surface area (Å²) in [6.45, 7) is 5.27. The minimum atomic E-state index is -0.506. The number of hydrogen-bond acceptors (Lipinski definition) is 12. The highest BCUT2D eigenvalue weighted by molar-refractivity contribution is 6.06. The molecule has 0 unspecified atom stereocenters. The monoisotopic (exact) mass is 1220 g/mol. The Bertz CT molecular complexity index is 3720. The van der Waals surface area contributed by atoms with E-state index in [-0.39, 0.29) is 17.5 Å². The number of nitrogens with one attached hydrogen (secondary N) is 2. The van der Waals surface area contributed by atoms with Gasteiger partial charge in [-0.15, -0.1) is 0 Å². The Labute approximate surface area is 538 Å². The summed E-state index contributed by atoms with van der Waals surface area (Å²) in [6, 6.07) is 82.4. The van der Waals surface area contributed by atoms with E-state index in [1.165, 1.54) is 45.5 Å². The first kappa shape index (κ1) is 62.4. The topological polar surface area (TPSA) is 151 Å². The van der Waals surface area contributed by atoms with E-state index in [1.807, 2.05) is 133 Å². The van der Waals surface area contributed by atoms with Crippen LogP contribution in [0.4, 0.5) is 0 Å². The average molecular weight is 1230 g/mol. The van der Waals surface area contributed by atoms with Crippen molar-refractivity contribution in [3.8, 4) is 73.3 Å². The van der Waals surface area contributed by atoms with Gasteiger partial charge in [-0.25, -0.2) is 0 Å². The molecule has 12 rings (SSSR count). The molecule has 12 heteroatoms. The van der Waals surface area contributed by atoms with E-state index >= 15 is 0 Å². The van der Waals surface area contributed by atoms with E-state index in [9.17, 15) is 10.5 Å². The summed E-state index contributed by atoms with van der Waals surface area (Å²) in [5.74, 6) is 2.87. The molecule has 3 N–H and O–H groups in total. The molecule has 0 fully saturated rings. The second-order valence-electron chi connectivity index (χ2n) is 23.0. The molecular weight excluding hydrogens is 1150 g/mol. The second kappa shape index (κ2) is 30.3. The van der Waals surface area contributed by atoms with Crippen LogP contribution in [0.15, 0.2) is 249 Å². The average Bonchev–Trinajstić information content (AvgIpc) is 1.65. The van der Waals surface area contributed by atoms with Gasteiger partial charge in [0, 0.05) is 48.4 Å². The Morgan fingerprint density at radius 3 is 0.978 bits per heavy atom. The summed E-state index contributed by atoms with van der Waals surface area (Å²) < 4.78 is 56.1. The fourth-order valence-electron chi connectivity index (χ4n) is 12.9. The van der Waals surface area contributed by atoms with Crippen LogP contribution in [-0.2, 0) is 34.5 Å². The van der Waals surface area contributed by atoms with E-state index < -0.39 is 10.8 Å². The summed E-state index contributed by atoms with van der Waals surface area (Å²) in [4.78, 5) is 0. The minimum Gasteiger partial charge on any atom is -0.508 e. The molecule has 466 valence electrons. The van der Waals surface area contributed by atoms with Crippen molar-refractivity contribution in [1.82, 2.24) is 0 Å². The fraction of sp³-hybridized carbons (Fsp3) is 0.225. The predicted molar refractivity (Wildman–Crippen MR) is 362 cm³/mol. The lowest BCUT2D eigenvalue weighted by atomic mass is 9.72. The molecule has 0 aromatic heterocycles. The predicted octanol–water partition coefficient (Wildman–Crippen LogP) is 16.6. The van der Waals surface area contributed by atoms with E-state index in [4.69, 9.17) is 48.0 Å². The first-order valence-electron chi connectivity index (χ1n) is 31.7. The van der Waals surface area contributed by atoms with Crippen molar-refractivity contribution in [2.45, 2.75) is 36.5 Å². The number of hydrogen-bond donors (Lipinski definition) is 3. The summed E-state index contributed by atoms with van der Waals surface area (Å²) in [5.41, 5.74) is 12.9. The number of phenolic OH excluding ortho intramolecular Hbond substituents is 1. The molecule has 2 aliphatic carbocycles. The van der Waals surface area contributed by atoms with E-state index in [1.54, 1.807) is 12.1 Å². The molecule has 0 bridgehead atoms. The highest BCUT2D eigenvalue weighted by Gasteiger charge is 2.44. The maximum atomic E-state index is 10.1. The van der Waals surface area contributed by atoms with Crippen molar-refractivity contribution >= 4 is 11.8 Å². The minimum absolute atomic E-state index is 0.0701.